The van der Waals surface area contributed by atoms with E-state index in [0.717, 1.165) is 10.6 Å². The van der Waals surface area contributed by atoms with Crippen LogP contribution in [-0.4, -0.2) is 33.7 Å². The molecule has 0 heterocycles. The van der Waals surface area contributed by atoms with E-state index in [-0.39, 0.29) is 11.3 Å². The van der Waals surface area contributed by atoms with Gasteiger partial charge in [0.25, 0.3) is 5.91 Å². The van der Waals surface area contributed by atoms with Crippen molar-refractivity contribution in [2.24, 2.45) is 0 Å². The van der Waals surface area contributed by atoms with E-state index >= 15 is 0 Å². The molecule has 2 rings (SSSR count). The van der Waals surface area contributed by atoms with Gasteiger partial charge in [0.1, 0.15) is 5.75 Å². The van der Waals surface area contributed by atoms with Crippen LogP contribution in [0.1, 0.15) is 39.7 Å². The van der Waals surface area contributed by atoms with Crippen molar-refractivity contribution in [3.63, 3.8) is 0 Å². The van der Waals surface area contributed by atoms with E-state index in [1.165, 1.54) is 12.6 Å². The van der Waals surface area contributed by atoms with Gasteiger partial charge >= 0.3 is 0 Å². The summed E-state index contributed by atoms with van der Waals surface area (Å²) < 4.78 is 30.5. The van der Waals surface area contributed by atoms with E-state index < -0.39 is 16.1 Å². The van der Waals surface area contributed by atoms with Gasteiger partial charge in [-0.2, -0.15) is 0 Å². The molecule has 0 aliphatic heterocycles. The summed E-state index contributed by atoms with van der Waals surface area (Å²) in [6.45, 7) is 8.29. The topological polar surface area (TPSA) is 75.7 Å². The smallest absolute Gasteiger partial charge is 0.265 e. The minimum absolute atomic E-state index is 0.0458. The van der Waals surface area contributed by atoms with Crippen LogP contribution >= 0.6 is 0 Å². The fourth-order valence-electron chi connectivity index (χ4n) is 2.71. The SMILES string of the molecule is CC[C@H](Oc1ccc(C(C)(C)C)cc1)C(=O)Nc1cccc(N(C)S(C)(=O)=O)c1. The zero-order chi connectivity index (χ0) is 21.8. The van der Waals surface area contributed by atoms with Gasteiger partial charge in [0.05, 0.1) is 11.9 Å². The van der Waals surface area contributed by atoms with Gasteiger partial charge in [0, 0.05) is 12.7 Å². The first-order valence-electron chi connectivity index (χ1n) is 9.54. The van der Waals surface area contributed by atoms with E-state index in [4.69, 9.17) is 4.74 Å². The Labute approximate surface area is 173 Å². The summed E-state index contributed by atoms with van der Waals surface area (Å²) in [5.41, 5.74) is 2.21. The van der Waals surface area contributed by atoms with E-state index in [2.05, 4.69) is 26.1 Å². The van der Waals surface area contributed by atoms with Crippen LogP contribution in [0, 0.1) is 0 Å². The highest BCUT2D eigenvalue weighted by Crippen LogP contribution is 2.25. The Kier molecular flexibility index (Phi) is 6.95. The molecule has 0 fully saturated rings. The highest BCUT2D eigenvalue weighted by Gasteiger charge is 2.20. The van der Waals surface area contributed by atoms with Crippen LogP contribution in [0.5, 0.6) is 5.75 Å². The highest BCUT2D eigenvalue weighted by molar-refractivity contribution is 7.92. The maximum atomic E-state index is 12.7. The number of amides is 1. The Morgan fingerprint density at radius 1 is 1.14 bits per heavy atom. The minimum atomic E-state index is -3.38. The van der Waals surface area contributed by atoms with Crippen molar-refractivity contribution in [1.82, 2.24) is 0 Å². The van der Waals surface area contributed by atoms with Crippen LogP contribution < -0.4 is 14.4 Å². The number of carbonyl (C=O) groups is 1. The average molecular weight is 419 g/mol. The van der Waals surface area contributed by atoms with Gasteiger partial charge in [-0.3, -0.25) is 9.10 Å². The molecule has 0 aliphatic rings. The van der Waals surface area contributed by atoms with Crippen molar-refractivity contribution in [1.29, 1.82) is 0 Å². The molecule has 2 aromatic carbocycles. The molecular weight excluding hydrogens is 388 g/mol. The summed E-state index contributed by atoms with van der Waals surface area (Å²) in [5, 5.41) is 2.81. The summed E-state index contributed by atoms with van der Waals surface area (Å²) in [4.78, 5) is 12.7. The molecule has 1 amide bonds. The Bertz CT molecular complexity index is 948. The van der Waals surface area contributed by atoms with Crippen LogP contribution in [0.3, 0.4) is 0 Å². The number of carbonyl (C=O) groups excluding carboxylic acids is 1. The summed E-state index contributed by atoms with van der Waals surface area (Å²) in [5.74, 6) is 0.345. The molecule has 0 aliphatic carbocycles. The van der Waals surface area contributed by atoms with E-state index in [1.807, 2.05) is 31.2 Å². The first-order valence-corrected chi connectivity index (χ1v) is 11.4. The Balaban J connectivity index is 2.10. The number of benzene rings is 2. The van der Waals surface area contributed by atoms with Gasteiger partial charge in [-0.15, -0.1) is 0 Å². The number of nitrogens with one attached hydrogen (secondary N) is 1. The van der Waals surface area contributed by atoms with E-state index in [0.29, 0.717) is 23.5 Å². The highest BCUT2D eigenvalue weighted by atomic mass is 32.2. The molecule has 158 valence electrons. The number of nitrogens with zero attached hydrogens (tertiary/aromatic N) is 1. The van der Waals surface area contributed by atoms with Gasteiger partial charge in [-0.25, -0.2) is 8.42 Å². The second-order valence-electron chi connectivity index (χ2n) is 8.06. The van der Waals surface area contributed by atoms with Crippen molar-refractivity contribution in [2.45, 2.75) is 45.6 Å². The molecule has 1 atom stereocenters. The van der Waals surface area contributed by atoms with E-state index in [9.17, 15) is 13.2 Å². The molecule has 0 spiro atoms. The van der Waals surface area contributed by atoms with Crippen molar-refractivity contribution >= 4 is 27.3 Å². The predicted octanol–water partition coefficient (Wildman–Crippen LogP) is 4.18. The predicted molar refractivity (Wildman–Crippen MR) is 118 cm³/mol. The first kappa shape index (κ1) is 22.7. The summed E-state index contributed by atoms with van der Waals surface area (Å²) in [6, 6.07) is 14.4. The van der Waals surface area contributed by atoms with Crippen molar-refractivity contribution in [2.75, 3.05) is 22.9 Å². The number of ether oxygens (including phenoxy) is 1. The molecule has 6 nitrogen and oxygen atoms in total. The fraction of sp³-hybridized carbons (Fsp3) is 0.409. The Morgan fingerprint density at radius 3 is 2.28 bits per heavy atom. The zero-order valence-corrected chi connectivity index (χ0v) is 18.7. The van der Waals surface area contributed by atoms with Crippen LogP contribution in [-0.2, 0) is 20.2 Å². The quantitative estimate of drug-likeness (QED) is 0.732. The maximum Gasteiger partial charge on any atom is 0.265 e. The lowest BCUT2D eigenvalue weighted by atomic mass is 9.87. The molecule has 0 radical (unpaired) electrons. The van der Waals surface area contributed by atoms with Gasteiger partial charge < -0.3 is 10.1 Å². The lowest BCUT2D eigenvalue weighted by molar-refractivity contribution is -0.122. The standard InChI is InChI=1S/C22H30N2O4S/c1-7-20(28-19-13-11-16(12-14-19)22(2,3)4)21(25)23-17-9-8-10-18(15-17)24(5)29(6,26)27/h8-15,20H,7H2,1-6H3,(H,23,25)/t20-/m0/s1. The van der Waals surface area contributed by atoms with Crippen LogP contribution in [0.2, 0.25) is 0 Å². The molecule has 7 heteroatoms. The zero-order valence-electron chi connectivity index (χ0n) is 17.9. The lowest BCUT2D eigenvalue weighted by Crippen LogP contribution is -2.32. The number of anilines is 2. The third-order valence-electron chi connectivity index (χ3n) is 4.64. The second kappa shape index (κ2) is 8.86. The molecule has 29 heavy (non-hydrogen) atoms. The number of rotatable bonds is 7. The van der Waals surface area contributed by atoms with E-state index in [1.54, 1.807) is 24.3 Å². The first-order chi connectivity index (χ1) is 13.4. The normalized spacial score (nSPS) is 12.9. The third-order valence-corrected chi connectivity index (χ3v) is 5.84. The largest absolute Gasteiger partial charge is 0.481 e. The lowest BCUT2D eigenvalue weighted by Gasteiger charge is -2.21. The van der Waals surface area contributed by atoms with Gasteiger partial charge in [-0.1, -0.05) is 45.9 Å². The molecular formula is C22H30N2O4S. The molecule has 0 saturated carbocycles. The van der Waals surface area contributed by atoms with Gasteiger partial charge in [-0.05, 0) is 47.7 Å². The van der Waals surface area contributed by atoms with Crippen molar-refractivity contribution in [3.05, 3.63) is 54.1 Å². The number of hydrogen-bond acceptors (Lipinski definition) is 4. The van der Waals surface area contributed by atoms with Crippen LogP contribution in [0.15, 0.2) is 48.5 Å². The maximum absolute atomic E-state index is 12.7. The summed E-state index contributed by atoms with van der Waals surface area (Å²) >= 11 is 0. The van der Waals surface area contributed by atoms with Crippen molar-refractivity contribution in [3.8, 4) is 5.75 Å². The van der Waals surface area contributed by atoms with Gasteiger partial charge in [0.2, 0.25) is 10.0 Å². The van der Waals surface area contributed by atoms with Crippen molar-refractivity contribution < 1.29 is 17.9 Å². The fourth-order valence-corrected chi connectivity index (χ4v) is 3.21. The molecule has 0 bridgehead atoms. The minimum Gasteiger partial charge on any atom is -0.481 e. The Morgan fingerprint density at radius 2 is 1.76 bits per heavy atom. The monoisotopic (exact) mass is 418 g/mol. The van der Waals surface area contributed by atoms with Gasteiger partial charge in [0.15, 0.2) is 6.10 Å². The van der Waals surface area contributed by atoms with Crippen LogP contribution in [0.25, 0.3) is 0 Å². The molecule has 1 N–H and O–H groups in total. The van der Waals surface area contributed by atoms with Crippen LogP contribution in [0.4, 0.5) is 11.4 Å². The third kappa shape index (κ3) is 6.22. The number of sulfonamides is 1. The summed E-state index contributed by atoms with van der Waals surface area (Å²) in [6.07, 6.45) is 0.965. The Hall–Kier alpha value is -2.54. The molecule has 0 aromatic heterocycles. The number of hydrogen-bond donors (Lipinski definition) is 1. The second-order valence-corrected chi connectivity index (χ2v) is 10.1. The summed E-state index contributed by atoms with van der Waals surface area (Å²) in [7, 11) is -1.91. The average Bonchev–Trinajstić information content (AvgIpc) is 2.64. The molecule has 2 aromatic rings. The molecule has 0 saturated heterocycles. The molecule has 0 unspecified atom stereocenters.